The molecule has 1 atom stereocenters. The second-order valence-electron chi connectivity index (χ2n) is 2.78. The van der Waals surface area contributed by atoms with Gasteiger partial charge in [-0.25, -0.2) is 4.79 Å². The number of rotatable bonds is 3. The van der Waals surface area contributed by atoms with Crippen molar-refractivity contribution in [1.29, 1.82) is 0 Å². The summed E-state index contributed by atoms with van der Waals surface area (Å²) in [5.74, 6) is -1.10. The second kappa shape index (κ2) is 4.69. The standard InChI is InChI=1S/C7H10N4O3S/c1-3(5(12)13)8-6(14)9-7-11-10-4(2)15-7/h3H,1-2H3,(H,12,13)(H2,8,9,11,14)/t3-/m0/s1. The molecule has 1 aromatic heterocycles. The number of carboxylic acid groups (broad SMARTS) is 1. The Hall–Kier alpha value is -1.70. The van der Waals surface area contributed by atoms with Crippen LogP contribution in [-0.4, -0.2) is 33.3 Å². The van der Waals surface area contributed by atoms with Crippen LogP contribution in [0.15, 0.2) is 0 Å². The molecule has 1 heterocycles. The zero-order chi connectivity index (χ0) is 11.4. The van der Waals surface area contributed by atoms with Gasteiger partial charge in [-0.2, -0.15) is 0 Å². The highest BCUT2D eigenvalue weighted by atomic mass is 32.1. The first-order valence-corrected chi connectivity index (χ1v) is 4.91. The highest BCUT2D eigenvalue weighted by molar-refractivity contribution is 7.15. The van der Waals surface area contributed by atoms with E-state index >= 15 is 0 Å². The predicted molar refractivity (Wildman–Crippen MR) is 53.9 cm³/mol. The average molecular weight is 230 g/mol. The van der Waals surface area contributed by atoms with E-state index in [4.69, 9.17) is 5.11 Å². The van der Waals surface area contributed by atoms with Crippen molar-refractivity contribution in [2.24, 2.45) is 0 Å². The SMILES string of the molecule is Cc1nnc(NC(=O)N[C@@H](C)C(=O)O)s1. The number of nitrogens with one attached hydrogen (secondary N) is 2. The first-order chi connectivity index (χ1) is 6.99. The van der Waals surface area contributed by atoms with Crippen LogP contribution >= 0.6 is 11.3 Å². The molecule has 0 aliphatic carbocycles. The molecule has 82 valence electrons. The molecule has 15 heavy (non-hydrogen) atoms. The van der Waals surface area contributed by atoms with Gasteiger partial charge in [-0.3, -0.25) is 10.1 Å². The zero-order valence-corrected chi connectivity index (χ0v) is 8.96. The van der Waals surface area contributed by atoms with Crippen molar-refractivity contribution in [3.8, 4) is 0 Å². The van der Waals surface area contributed by atoms with Gasteiger partial charge in [-0.1, -0.05) is 11.3 Å². The van der Waals surface area contributed by atoms with Gasteiger partial charge in [0.2, 0.25) is 5.13 Å². The van der Waals surface area contributed by atoms with E-state index < -0.39 is 18.0 Å². The molecule has 8 heteroatoms. The van der Waals surface area contributed by atoms with E-state index in [0.717, 1.165) is 5.01 Å². The van der Waals surface area contributed by atoms with Crippen molar-refractivity contribution in [2.45, 2.75) is 19.9 Å². The summed E-state index contributed by atoms with van der Waals surface area (Å²) in [6.45, 7) is 3.12. The Labute approximate surface area is 89.5 Å². The molecule has 0 unspecified atom stereocenters. The summed E-state index contributed by atoms with van der Waals surface area (Å²) in [7, 11) is 0. The van der Waals surface area contributed by atoms with Crippen molar-refractivity contribution in [2.75, 3.05) is 5.32 Å². The molecule has 1 rings (SSSR count). The van der Waals surface area contributed by atoms with E-state index in [0.29, 0.717) is 5.13 Å². The van der Waals surface area contributed by atoms with Gasteiger partial charge in [0.15, 0.2) is 0 Å². The molecule has 2 amide bonds. The Morgan fingerprint density at radius 3 is 2.60 bits per heavy atom. The number of hydrogen-bond donors (Lipinski definition) is 3. The molecule has 0 bridgehead atoms. The highest BCUT2D eigenvalue weighted by Crippen LogP contribution is 2.12. The van der Waals surface area contributed by atoms with E-state index in [-0.39, 0.29) is 0 Å². The molecular formula is C7H10N4O3S. The third-order valence-electron chi connectivity index (χ3n) is 1.46. The molecule has 0 radical (unpaired) electrons. The van der Waals surface area contributed by atoms with Crippen LogP contribution in [-0.2, 0) is 4.79 Å². The number of urea groups is 1. The van der Waals surface area contributed by atoms with Gasteiger partial charge >= 0.3 is 12.0 Å². The number of carboxylic acids is 1. The van der Waals surface area contributed by atoms with Crippen LogP contribution in [0.25, 0.3) is 0 Å². The Morgan fingerprint density at radius 2 is 2.13 bits per heavy atom. The summed E-state index contributed by atoms with van der Waals surface area (Å²) in [5, 5.41) is 21.5. The number of hydrogen-bond acceptors (Lipinski definition) is 5. The van der Waals surface area contributed by atoms with Crippen molar-refractivity contribution in [3.63, 3.8) is 0 Å². The normalized spacial score (nSPS) is 11.9. The van der Waals surface area contributed by atoms with Gasteiger partial charge in [0.1, 0.15) is 11.0 Å². The lowest BCUT2D eigenvalue weighted by atomic mass is 10.3. The monoisotopic (exact) mass is 230 g/mol. The summed E-state index contributed by atoms with van der Waals surface area (Å²) in [5.41, 5.74) is 0. The minimum Gasteiger partial charge on any atom is -0.480 e. The van der Waals surface area contributed by atoms with Gasteiger partial charge in [0, 0.05) is 0 Å². The second-order valence-corrected chi connectivity index (χ2v) is 3.97. The number of aromatic nitrogens is 2. The van der Waals surface area contributed by atoms with E-state index in [1.165, 1.54) is 18.3 Å². The Bertz CT molecular complexity index is 378. The van der Waals surface area contributed by atoms with Crippen molar-refractivity contribution in [1.82, 2.24) is 15.5 Å². The number of nitrogens with zero attached hydrogens (tertiary/aromatic N) is 2. The van der Waals surface area contributed by atoms with Gasteiger partial charge in [-0.05, 0) is 13.8 Å². The van der Waals surface area contributed by atoms with Gasteiger partial charge in [0.05, 0.1) is 0 Å². The van der Waals surface area contributed by atoms with Crippen LogP contribution in [0.2, 0.25) is 0 Å². The first-order valence-electron chi connectivity index (χ1n) is 4.09. The van der Waals surface area contributed by atoms with Crippen LogP contribution in [0.1, 0.15) is 11.9 Å². The molecule has 0 saturated heterocycles. The number of carbonyl (C=O) groups excluding carboxylic acids is 1. The van der Waals surface area contributed by atoms with Crippen LogP contribution in [0.3, 0.4) is 0 Å². The molecular weight excluding hydrogens is 220 g/mol. The van der Waals surface area contributed by atoms with E-state index in [1.54, 1.807) is 6.92 Å². The molecule has 1 aromatic rings. The maximum absolute atomic E-state index is 11.2. The fraction of sp³-hybridized carbons (Fsp3) is 0.429. The fourth-order valence-corrected chi connectivity index (χ4v) is 1.33. The van der Waals surface area contributed by atoms with Gasteiger partial charge < -0.3 is 10.4 Å². The van der Waals surface area contributed by atoms with E-state index in [2.05, 4.69) is 20.8 Å². The number of aliphatic carboxylic acids is 1. The molecule has 7 nitrogen and oxygen atoms in total. The zero-order valence-electron chi connectivity index (χ0n) is 8.14. The maximum atomic E-state index is 11.2. The number of carbonyl (C=O) groups is 2. The van der Waals surface area contributed by atoms with Crippen LogP contribution in [0.5, 0.6) is 0 Å². The Kier molecular flexibility index (Phi) is 3.56. The summed E-state index contributed by atoms with van der Waals surface area (Å²) in [6, 6.07) is -1.56. The number of amides is 2. The van der Waals surface area contributed by atoms with E-state index in [9.17, 15) is 9.59 Å². The van der Waals surface area contributed by atoms with Crippen LogP contribution < -0.4 is 10.6 Å². The minimum absolute atomic E-state index is 0.336. The van der Waals surface area contributed by atoms with Crippen molar-refractivity contribution in [3.05, 3.63) is 5.01 Å². The average Bonchev–Trinajstić information content (AvgIpc) is 2.50. The number of anilines is 1. The largest absolute Gasteiger partial charge is 0.480 e. The first kappa shape index (κ1) is 11.4. The molecule has 0 aromatic carbocycles. The summed E-state index contributed by atoms with van der Waals surface area (Å²) in [4.78, 5) is 21.6. The van der Waals surface area contributed by atoms with Crippen molar-refractivity contribution >= 4 is 28.5 Å². The lowest BCUT2D eigenvalue weighted by Crippen LogP contribution is -2.40. The summed E-state index contributed by atoms with van der Waals surface area (Å²) in [6.07, 6.45) is 0. The predicted octanol–water partition coefficient (Wildman–Crippen LogP) is 0.441. The number of aryl methyl sites for hydroxylation is 1. The van der Waals surface area contributed by atoms with Crippen molar-refractivity contribution < 1.29 is 14.7 Å². The third kappa shape index (κ3) is 3.50. The summed E-state index contributed by atoms with van der Waals surface area (Å²) < 4.78 is 0. The molecule has 0 aliphatic rings. The minimum atomic E-state index is -1.10. The smallest absolute Gasteiger partial charge is 0.325 e. The molecule has 0 fully saturated rings. The van der Waals surface area contributed by atoms with Crippen LogP contribution in [0, 0.1) is 6.92 Å². The Morgan fingerprint density at radius 1 is 1.47 bits per heavy atom. The fourth-order valence-electron chi connectivity index (χ4n) is 0.739. The van der Waals surface area contributed by atoms with Gasteiger partial charge in [0.25, 0.3) is 0 Å². The Balaban J connectivity index is 2.46. The summed E-state index contributed by atoms with van der Waals surface area (Å²) >= 11 is 1.21. The third-order valence-corrected chi connectivity index (χ3v) is 2.22. The quantitative estimate of drug-likeness (QED) is 0.699. The molecule has 0 spiro atoms. The maximum Gasteiger partial charge on any atom is 0.325 e. The lowest BCUT2D eigenvalue weighted by molar-refractivity contribution is -0.138. The van der Waals surface area contributed by atoms with Crippen LogP contribution in [0.4, 0.5) is 9.93 Å². The topological polar surface area (TPSA) is 104 Å². The molecule has 0 saturated carbocycles. The molecule has 0 aliphatic heterocycles. The van der Waals surface area contributed by atoms with Gasteiger partial charge in [-0.15, -0.1) is 10.2 Å². The van der Waals surface area contributed by atoms with E-state index in [1.807, 2.05) is 0 Å². The highest BCUT2D eigenvalue weighted by Gasteiger charge is 2.14. The lowest BCUT2D eigenvalue weighted by Gasteiger charge is -2.08. The molecule has 3 N–H and O–H groups in total.